The molecular weight excluding hydrogens is 426 g/mol. The zero-order chi connectivity index (χ0) is 22.3. The number of nitrogens with zero attached hydrogens (tertiary/aromatic N) is 5. The van der Waals surface area contributed by atoms with Gasteiger partial charge in [0.15, 0.2) is 0 Å². The number of aryl methyl sites for hydroxylation is 1. The molecule has 0 spiro atoms. The maximum absolute atomic E-state index is 10.3. The van der Waals surface area contributed by atoms with E-state index in [-0.39, 0.29) is 6.04 Å². The molecule has 1 aliphatic heterocycles. The second kappa shape index (κ2) is 8.12. The zero-order valence-corrected chi connectivity index (χ0v) is 19.0. The minimum Gasteiger partial charge on any atom is -0.384 e. The van der Waals surface area contributed by atoms with Gasteiger partial charge in [-0.3, -0.25) is 4.68 Å². The average Bonchev–Trinajstić information content (AvgIpc) is 3.49. The highest BCUT2D eigenvalue weighted by Crippen LogP contribution is 2.33. The van der Waals surface area contributed by atoms with Gasteiger partial charge in [0.1, 0.15) is 22.1 Å². The summed E-state index contributed by atoms with van der Waals surface area (Å²) in [6.07, 6.45) is 4.68. The fourth-order valence-electron chi connectivity index (χ4n) is 3.66. The molecule has 5 rings (SSSR count). The largest absolute Gasteiger partial charge is 0.384 e. The van der Waals surface area contributed by atoms with Crippen molar-refractivity contribution in [3.8, 4) is 0 Å². The molecule has 10 heteroatoms. The summed E-state index contributed by atoms with van der Waals surface area (Å²) in [5.74, 6) is 1.74. The number of anilines is 4. The molecule has 0 radical (unpaired) electrons. The van der Waals surface area contributed by atoms with Gasteiger partial charge in [0.25, 0.3) is 0 Å². The van der Waals surface area contributed by atoms with Crippen molar-refractivity contribution in [2.24, 2.45) is 0 Å². The van der Waals surface area contributed by atoms with E-state index >= 15 is 0 Å². The fourth-order valence-corrected chi connectivity index (χ4v) is 4.58. The van der Waals surface area contributed by atoms with Gasteiger partial charge in [0.2, 0.25) is 5.95 Å². The third kappa shape index (κ3) is 4.16. The Labute approximate surface area is 189 Å². The van der Waals surface area contributed by atoms with Crippen LogP contribution >= 0.6 is 11.3 Å². The van der Waals surface area contributed by atoms with E-state index in [1.54, 1.807) is 37.4 Å². The smallest absolute Gasteiger partial charge is 0.230 e. The zero-order valence-electron chi connectivity index (χ0n) is 18.2. The number of nitrogens with one attached hydrogen (secondary N) is 2. The Bertz CT molecular complexity index is 1250. The number of ether oxygens (including phenoxy) is 1. The number of rotatable bonds is 6. The third-order valence-electron chi connectivity index (χ3n) is 5.38. The van der Waals surface area contributed by atoms with Gasteiger partial charge < -0.3 is 20.5 Å². The van der Waals surface area contributed by atoms with E-state index in [4.69, 9.17) is 14.7 Å². The minimum absolute atomic E-state index is 0.264. The lowest BCUT2D eigenvalue weighted by Crippen LogP contribution is -2.17. The summed E-state index contributed by atoms with van der Waals surface area (Å²) in [7, 11) is 0. The van der Waals surface area contributed by atoms with Crippen LogP contribution in [0.1, 0.15) is 37.6 Å². The van der Waals surface area contributed by atoms with Gasteiger partial charge in [-0.2, -0.15) is 10.1 Å². The SMILES string of the molecule is Cc1csc2nc(Nc3cnn(C4CCOC4)c3)nc(Nc3cccc(C(C)(C)O)n3)c12. The first kappa shape index (κ1) is 20.8. The van der Waals surface area contributed by atoms with E-state index in [9.17, 15) is 5.11 Å². The molecule has 0 amide bonds. The van der Waals surface area contributed by atoms with Crippen molar-refractivity contribution < 1.29 is 9.84 Å². The number of thiophene rings is 1. The summed E-state index contributed by atoms with van der Waals surface area (Å²) in [6, 6.07) is 5.78. The molecule has 0 bridgehead atoms. The Morgan fingerprint density at radius 3 is 2.88 bits per heavy atom. The number of aromatic nitrogens is 5. The van der Waals surface area contributed by atoms with Crippen LogP contribution in [0.4, 0.5) is 23.3 Å². The topological polar surface area (TPSA) is 110 Å². The van der Waals surface area contributed by atoms with Gasteiger partial charge in [0.05, 0.1) is 35.6 Å². The van der Waals surface area contributed by atoms with Crippen LogP contribution < -0.4 is 10.6 Å². The molecule has 5 heterocycles. The lowest BCUT2D eigenvalue weighted by molar-refractivity contribution is 0.0740. The summed E-state index contributed by atoms with van der Waals surface area (Å²) < 4.78 is 7.38. The first-order valence-electron chi connectivity index (χ1n) is 10.5. The molecule has 1 aliphatic rings. The number of hydrogen-bond donors (Lipinski definition) is 3. The van der Waals surface area contributed by atoms with E-state index in [1.165, 1.54) is 0 Å². The fraction of sp³-hybridized carbons (Fsp3) is 0.364. The van der Waals surface area contributed by atoms with Crippen LogP contribution in [0.25, 0.3) is 10.2 Å². The highest BCUT2D eigenvalue weighted by Gasteiger charge is 2.20. The Morgan fingerprint density at radius 2 is 2.09 bits per heavy atom. The van der Waals surface area contributed by atoms with Crippen molar-refractivity contribution in [2.45, 2.75) is 38.8 Å². The van der Waals surface area contributed by atoms with Crippen LogP contribution in [0.3, 0.4) is 0 Å². The van der Waals surface area contributed by atoms with Gasteiger partial charge in [-0.25, -0.2) is 9.97 Å². The highest BCUT2D eigenvalue weighted by molar-refractivity contribution is 7.17. The number of aliphatic hydroxyl groups is 1. The van der Waals surface area contributed by atoms with Crippen LogP contribution in [0.15, 0.2) is 36.0 Å². The number of pyridine rings is 1. The van der Waals surface area contributed by atoms with Gasteiger partial charge in [-0.15, -0.1) is 11.3 Å². The summed E-state index contributed by atoms with van der Waals surface area (Å²) in [4.78, 5) is 14.9. The molecule has 1 unspecified atom stereocenters. The van der Waals surface area contributed by atoms with Crippen LogP contribution in [-0.4, -0.2) is 43.1 Å². The lowest BCUT2D eigenvalue weighted by atomic mass is 10.1. The summed E-state index contributed by atoms with van der Waals surface area (Å²) in [5, 5.41) is 24.4. The highest BCUT2D eigenvalue weighted by atomic mass is 32.1. The molecule has 0 saturated carbocycles. The van der Waals surface area contributed by atoms with Crippen LogP contribution in [0, 0.1) is 6.92 Å². The Balaban J connectivity index is 1.46. The Hall–Kier alpha value is -3.08. The minimum atomic E-state index is -1.03. The van der Waals surface area contributed by atoms with Crippen LogP contribution in [0.5, 0.6) is 0 Å². The maximum atomic E-state index is 10.3. The van der Waals surface area contributed by atoms with Crippen LogP contribution in [0.2, 0.25) is 0 Å². The number of hydrogen-bond acceptors (Lipinski definition) is 9. The molecule has 3 N–H and O–H groups in total. The quantitative estimate of drug-likeness (QED) is 0.399. The lowest BCUT2D eigenvalue weighted by Gasteiger charge is -2.17. The van der Waals surface area contributed by atoms with E-state index in [2.05, 4.69) is 26.1 Å². The van der Waals surface area contributed by atoms with Gasteiger partial charge in [0, 0.05) is 12.8 Å². The molecule has 32 heavy (non-hydrogen) atoms. The monoisotopic (exact) mass is 451 g/mol. The van der Waals surface area contributed by atoms with Crippen molar-refractivity contribution >= 4 is 44.8 Å². The molecule has 4 aromatic rings. The average molecular weight is 452 g/mol. The normalized spacial score (nSPS) is 16.6. The molecular formula is C22H25N7O2S. The molecule has 9 nitrogen and oxygen atoms in total. The van der Waals surface area contributed by atoms with E-state index in [0.29, 0.717) is 29.9 Å². The molecule has 0 aliphatic carbocycles. The first-order valence-corrected chi connectivity index (χ1v) is 11.4. The Morgan fingerprint density at radius 1 is 1.22 bits per heavy atom. The van der Waals surface area contributed by atoms with Crippen molar-refractivity contribution in [1.82, 2.24) is 24.7 Å². The molecule has 1 saturated heterocycles. The maximum Gasteiger partial charge on any atom is 0.230 e. The molecule has 1 fully saturated rings. The number of fused-ring (bicyclic) bond motifs is 1. The first-order chi connectivity index (χ1) is 15.4. The standard InChI is InChI=1S/C22H25N7O2S/c1-13-12-32-20-18(13)19(26-17-6-4-5-16(25-17)22(2,3)30)27-21(28-20)24-14-9-23-29(10-14)15-7-8-31-11-15/h4-6,9-10,12,15,30H,7-8,11H2,1-3H3,(H2,24,25,26,27,28). The van der Waals surface area contributed by atoms with Crippen molar-refractivity contribution in [2.75, 3.05) is 23.8 Å². The molecule has 0 aromatic carbocycles. The van der Waals surface area contributed by atoms with Gasteiger partial charge in [-0.05, 0) is 50.3 Å². The second-order valence-corrected chi connectivity index (χ2v) is 9.30. The van der Waals surface area contributed by atoms with Crippen LogP contribution in [-0.2, 0) is 10.3 Å². The second-order valence-electron chi connectivity index (χ2n) is 8.44. The molecule has 4 aromatic heterocycles. The summed E-state index contributed by atoms with van der Waals surface area (Å²) >= 11 is 1.57. The van der Waals surface area contributed by atoms with E-state index in [1.807, 2.05) is 29.9 Å². The van der Waals surface area contributed by atoms with Gasteiger partial charge in [-0.1, -0.05) is 6.07 Å². The Kier molecular flexibility index (Phi) is 5.28. The summed E-state index contributed by atoms with van der Waals surface area (Å²) in [6.45, 7) is 6.91. The van der Waals surface area contributed by atoms with Crippen molar-refractivity contribution in [3.63, 3.8) is 0 Å². The third-order valence-corrected chi connectivity index (χ3v) is 6.37. The van der Waals surface area contributed by atoms with E-state index < -0.39 is 5.60 Å². The predicted octanol–water partition coefficient (Wildman–Crippen LogP) is 4.27. The van der Waals surface area contributed by atoms with Crippen molar-refractivity contribution in [1.29, 1.82) is 0 Å². The predicted molar refractivity (Wildman–Crippen MR) is 125 cm³/mol. The molecule has 166 valence electrons. The van der Waals surface area contributed by atoms with Gasteiger partial charge >= 0.3 is 0 Å². The summed E-state index contributed by atoms with van der Waals surface area (Å²) in [5.41, 5.74) is 1.45. The molecule has 1 atom stereocenters. The van der Waals surface area contributed by atoms with E-state index in [0.717, 1.165) is 34.5 Å². The van der Waals surface area contributed by atoms with Crippen molar-refractivity contribution in [3.05, 3.63) is 47.2 Å².